The van der Waals surface area contributed by atoms with Crippen molar-refractivity contribution in [3.05, 3.63) is 90.4 Å². The Kier molecular flexibility index (Phi) is 6.06. The zero-order chi connectivity index (χ0) is 27.1. The Morgan fingerprint density at radius 3 is 2.51 bits per heavy atom. The van der Waals surface area contributed by atoms with Gasteiger partial charge in [-0.3, -0.25) is 24.0 Å². The molecule has 1 atom stereocenters. The lowest BCUT2D eigenvalue weighted by Gasteiger charge is -2.20. The Morgan fingerprint density at radius 2 is 1.79 bits per heavy atom. The number of carbonyl (C=O) groups excluding carboxylic acids is 2. The second kappa shape index (κ2) is 9.58. The number of nitrogens with one attached hydrogen (secondary N) is 1. The number of aromatic nitrogens is 5. The van der Waals surface area contributed by atoms with Crippen molar-refractivity contribution in [2.45, 2.75) is 37.6 Å². The number of pyridine rings is 2. The molecular weight excluding hydrogens is 490 g/mol. The molecule has 0 unspecified atom stereocenters. The molecule has 1 aliphatic carbocycles. The SMILES string of the molecule is CC[C@H](NC(=O)c1ccc(-c2cnc3ncc(C4(c5ccc6ncccc6c5)CC4)n3c2)cn1)C(=O)N(C)C. The van der Waals surface area contributed by atoms with E-state index >= 15 is 0 Å². The van der Waals surface area contributed by atoms with Crippen molar-refractivity contribution in [2.24, 2.45) is 0 Å². The van der Waals surface area contributed by atoms with E-state index in [-0.39, 0.29) is 22.9 Å². The number of nitrogens with zero attached hydrogens (tertiary/aromatic N) is 6. The molecule has 4 aromatic heterocycles. The van der Waals surface area contributed by atoms with Gasteiger partial charge in [0.25, 0.3) is 5.91 Å². The summed E-state index contributed by atoms with van der Waals surface area (Å²) in [6, 6.07) is 13.5. The van der Waals surface area contributed by atoms with Gasteiger partial charge in [0.1, 0.15) is 11.7 Å². The number of hydrogen-bond donors (Lipinski definition) is 1. The summed E-state index contributed by atoms with van der Waals surface area (Å²) in [6.07, 6.45) is 11.8. The highest BCUT2D eigenvalue weighted by atomic mass is 16.2. The van der Waals surface area contributed by atoms with Crippen molar-refractivity contribution in [1.29, 1.82) is 0 Å². The third kappa shape index (κ3) is 4.39. The molecule has 1 fully saturated rings. The van der Waals surface area contributed by atoms with Gasteiger partial charge in [0.2, 0.25) is 11.7 Å². The van der Waals surface area contributed by atoms with Crippen LogP contribution in [-0.2, 0) is 10.2 Å². The van der Waals surface area contributed by atoms with E-state index in [0.29, 0.717) is 12.2 Å². The van der Waals surface area contributed by atoms with E-state index in [1.807, 2.05) is 37.6 Å². The zero-order valence-electron chi connectivity index (χ0n) is 22.1. The fourth-order valence-corrected chi connectivity index (χ4v) is 5.15. The highest BCUT2D eigenvalue weighted by Gasteiger charge is 2.48. The lowest BCUT2D eigenvalue weighted by atomic mass is 9.91. The molecule has 0 radical (unpaired) electrons. The first kappa shape index (κ1) is 24.7. The predicted molar refractivity (Wildman–Crippen MR) is 148 cm³/mol. The van der Waals surface area contributed by atoms with Crippen molar-refractivity contribution >= 4 is 28.5 Å². The Bertz CT molecular complexity index is 1700. The molecule has 196 valence electrons. The summed E-state index contributed by atoms with van der Waals surface area (Å²) >= 11 is 0. The van der Waals surface area contributed by atoms with Crippen molar-refractivity contribution in [1.82, 2.24) is 34.6 Å². The Morgan fingerprint density at radius 1 is 1.00 bits per heavy atom. The summed E-state index contributed by atoms with van der Waals surface area (Å²) in [6.45, 7) is 1.86. The average molecular weight is 520 g/mol. The summed E-state index contributed by atoms with van der Waals surface area (Å²) in [7, 11) is 3.34. The van der Waals surface area contributed by atoms with Crippen LogP contribution in [-0.4, -0.2) is 61.2 Å². The molecule has 0 bridgehead atoms. The smallest absolute Gasteiger partial charge is 0.270 e. The number of imidazole rings is 1. The number of rotatable bonds is 7. The fourth-order valence-electron chi connectivity index (χ4n) is 5.15. The van der Waals surface area contributed by atoms with Gasteiger partial charge in [-0.15, -0.1) is 0 Å². The molecule has 9 nitrogen and oxygen atoms in total. The van der Waals surface area contributed by atoms with Crippen molar-refractivity contribution in [2.75, 3.05) is 14.1 Å². The molecule has 39 heavy (non-hydrogen) atoms. The standard InChI is InChI=1S/C30H29N7O2/c1-4-23(28(39)36(2)3)35-27(38)25-9-7-20(15-32-25)21-16-33-29-34-17-26(37(29)18-21)30(11-12-30)22-8-10-24-19(14-22)6-5-13-31-24/h5-10,13-18,23H,4,11-12H2,1-3H3,(H,35,38)/t23-/m0/s1. The first-order valence-corrected chi connectivity index (χ1v) is 13.1. The van der Waals surface area contributed by atoms with E-state index in [4.69, 9.17) is 0 Å². The topological polar surface area (TPSA) is 105 Å². The Labute approximate surface area is 226 Å². The van der Waals surface area contributed by atoms with Gasteiger partial charge < -0.3 is 10.2 Å². The molecule has 1 aliphatic rings. The Balaban J connectivity index is 1.28. The van der Waals surface area contributed by atoms with Gasteiger partial charge in [-0.1, -0.05) is 25.1 Å². The lowest BCUT2D eigenvalue weighted by Crippen LogP contribution is -2.46. The molecule has 0 spiro atoms. The lowest BCUT2D eigenvalue weighted by molar-refractivity contribution is -0.130. The minimum atomic E-state index is -0.589. The Hall–Kier alpha value is -4.66. The third-order valence-corrected chi connectivity index (χ3v) is 7.54. The number of carbonyl (C=O) groups is 2. The van der Waals surface area contributed by atoms with Crippen molar-refractivity contribution in [3.63, 3.8) is 0 Å². The molecule has 1 aromatic carbocycles. The fraction of sp³-hybridized carbons (Fsp3) is 0.267. The summed E-state index contributed by atoms with van der Waals surface area (Å²) in [5.74, 6) is 0.115. The van der Waals surface area contributed by atoms with Gasteiger partial charge in [0, 0.05) is 60.8 Å². The monoisotopic (exact) mass is 519 g/mol. The molecule has 2 amide bonds. The van der Waals surface area contributed by atoms with E-state index in [1.165, 1.54) is 10.5 Å². The maximum absolute atomic E-state index is 12.7. The van der Waals surface area contributed by atoms with E-state index in [1.54, 1.807) is 32.6 Å². The van der Waals surface area contributed by atoms with Gasteiger partial charge >= 0.3 is 0 Å². The van der Waals surface area contributed by atoms with Crippen LogP contribution < -0.4 is 5.32 Å². The molecule has 5 aromatic rings. The normalized spacial score (nSPS) is 14.7. The maximum Gasteiger partial charge on any atom is 0.270 e. The van der Waals surface area contributed by atoms with Crippen LogP contribution in [0.1, 0.15) is 47.9 Å². The minimum Gasteiger partial charge on any atom is -0.347 e. The summed E-state index contributed by atoms with van der Waals surface area (Å²) in [4.78, 5) is 44.5. The molecular formula is C30H29N7O2. The quantitative estimate of drug-likeness (QED) is 0.348. The number of fused-ring (bicyclic) bond motifs is 2. The first-order chi connectivity index (χ1) is 18.9. The highest BCUT2D eigenvalue weighted by Crippen LogP contribution is 2.53. The van der Waals surface area contributed by atoms with Crippen LogP contribution in [0.3, 0.4) is 0 Å². The predicted octanol–water partition coefficient (Wildman–Crippen LogP) is 4.02. The molecule has 0 saturated heterocycles. The summed E-state index contributed by atoms with van der Waals surface area (Å²) in [5.41, 5.74) is 5.19. The average Bonchev–Trinajstić information content (AvgIpc) is 3.67. The summed E-state index contributed by atoms with van der Waals surface area (Å²) in [5, 5.41) is 3.91. The van der Waals surface area contributed by atoms with Gasteiger partial charge in [-0.2, -0.15) is 0 Å². The van der Waals surface area contributed by atoms with Crippen LogP contribution >= 0.6 is 0 Å². The minimum absolute atomic E-state index is 0.107. The first-order valence-electron chi connectivity index (χ1n) is 13.1. The van der Waals surface area contributed by atoms with E-state index in [0.717, 1.165) is 40.6 Å². The second-order valence-electron chi connectivity index (χ2n) is 10.2. The van der Waals surface area contributed by atoms with Crippen molar-refractivity contribution < 1.29 is 9.59 Å². The van der Waals surface area contributed by atoms with Crippen LogP contribution in [0.15, 0.2) is 73.4 Å². The highest BCUT2D eigenvalue weighted by molar-refractivity contribution is 5.96. The summed E-state index contributed by atoms with van der Waals surface area (Å²) < 4.78 is 2.06. The largest absolute Gasteiger partial charge is 0.347 e. The van der Waals surface area contributed by atoms with Crippen LogP contribution in [0.5, 0.6) is 0 Å². The number of hydrogen-bond acceptors (Lipinski definition) is 6. The number of likely N-dealkylation sites (N-methyl/N-ethyl adjacent to an activating group) is 1. The van der Waals surface area contributed by atoms with Crippen LogP contribution in [0.4, 0.5) is 0 Å². The van der Waals surface area contributed by atoms with Gasteiger partial charge in [-0.25, -0.2) is 9.97 Å². The third-order valence-electron chi connectivity index (χ3n) is 7.54. The van der Waals surface area contributed by atoms with E-state index < -0.39 is 6.04 Å². The molecule has 0 aliphatic heterocycles. The molecule has 1 saturated carbocycles. The van der Waals surface area contributed by atoms with Gasteiger partial charge in [0.15, 0.2) is 0 Å². The number of benzene rings is 1. The van der Waals surface area contributed by atoms with Gasteiger partial charge in [-0.05, 0) is 49.1 Å². The van der Waals surface area contributed by atoms with Crippen molar-refractivity contribution in [3.8, 4) is 11.1 Å². The second-order valence-corrected chi connectivity index (χ2v) is 10.2. The molecule has 9 heteroatoms. The van der Waals surface area contributed by atoms with E-state index in [9.17, 15) is 9.59 Å². The number of amides is 2. The van der Waals surface area contributed by atoms with Crippen LogP contribution in [0.25, 0.3) is 27.8 Å². The molecule has 1 N–H and O–H groups in total. The molecule has 6 rings (SSSR count). The van der Waals surface area contributed by atoms with Gasteiger partial charge in [0.05, 0.1) is 17.4 Å². The van der Waals surface area contributed by atoms with E-state index in [2.05, 4.69) is 53.9 Å². The maximum atomic E-state index is 12.7. The molecule has 4 heterocycles. The van der Waals surface area contributed by atoms with Crippen LogP contribution in [0, 0.1) is 0 Å². The van der Waals surface area contributed by atoms with Crippen LogP contribution in [0.2, 0.25) is 0 Å². The zero-order valence-corrected chi connectivity index (χ0v) is 22.1.